The number of carbonyl (C=O) groups is 1. The van der Waals surface area contributed by atoms with E-state index in [1.807, 2.05) is 6.07 Å². The monoisotopic (exact) mass is 501 g/mol. The van der Waals surface area contributed by atoms with Gasteiger partial charge in [0.25, 0.3) is 5.56 Å². The van der Waals surface area contributed by atoms with E-state index in [1.54, 1.807) is 48.5 Å². The van der Waals surface area contributed by atoms with E-state index in [2.05, 4.69) is 34.1 Å². The highest BCUT2D eigenvalue weighted by Crippen LogP contribution is 2.25. The Morgan fingerprint density at radius 1 is 0.833 bits per heavy atom. The minimum Gasteiger partial charge on any atom is -0.478 e. The van der Waals surface area contributed by atoms with Crippen LogP contribution in [0.3, 0.4) is 0 Å². The number of pyridine rings is 1. The predicted octanol–water partition coefficient (Wildman–Crippen LogP) is 4.70. The highest BCUT2D eigenvalue weighted by atomic mass is 35.5. The van der Waals surface area contributed by atoms with Crippen LogP contribution in [-0.4, -0.2) is 58.2 Å². The Morgan fingerprint density at radius 3 is 2.19 bits per heavy atom. The summed E-state index contributed by atoms with van der Waals surface area (Å²) in [5, 5.41) is 11.6. The summed E-state index contributed by atoms with van der Waals surface area (Å²) < 4.78 is 1.53. The maximum Gasteiger partial charge on any atom is 0.338 e. The van der Waals surface area contributed by atoms with E-state index in [0.29, 0.717) is 33.7 Å². The highest BCUT2D eigenvalue weighted by molar-refractivity contribution is 6.30. The second-order valence-electron chi connectivity index (χ2n) is 9.15. The molecule has 184 valence electrons. The van der Waals surface area contributed by atoms with Crippen LogP contribution in [0.25, 0.3) is 16.5 Å². The second-order valence-corrected chi connectivity index (χ2v) is 9.58. The molecule has 0 spiro atoms. The van der Waals surface area contributed by atoms with Gasteiger partial charge in [0.05, 0.1) is 16.9 Å². The van der Waals surface area contributed by atoms with Crippen molar-refractivity contribution in [2.45, 2.75) is 13.0 Å². The molecule has 0 unspecified atom stereocenters. The minimum atomic E-state index is -1.04. The van der Waals surface area contributed by atoms with Crippen LogP contribution < -0.4 is 5.56 Å². The van der Waals surface area contributed by atoms with E-state index < -0.39 is 5.97 Å². The first-order chi connectivity index (χ1) is 17.5. The summed E-state index contributed by atoms with van der Waals surface area (Å²) in [4.78, 5) is 30.9. The lowest BCUT2D eigenvalue weighted by Crippen LogP contribution is -2.47. The van der Waals surface area contributed by atoms with Crippen molar-refractivity contribution in [1.29, 1.82) is 0 Å². The fraction of sp³-hybridized carbons (Fsp3) is 0.241. The first-order valence-electron chi connectivity index (χ1n) is 12.2. The molecule has 1 fully saturated rings. The van der Waals surface area contributed by atoms with E-state index in [1.165, 1.54) is 10.1 Å². The number of hydrogen-bond donors (Lipinski definition) is 1. The third-order valence-electron chi connectivity index (χ3n) is 6.87. The fourth-order valence-corrected chi connectivity index (χ4v) is 5.17. The molecule has 1 saturated heterocycles. The smallest absolute Gasteiger partial charge is 0.338 e. The minimum absolute atomic E-state index is 0.164. The van der Waals surface area contributed by atoms with Gasteiger partial charge in [0.1, 0.15) is 0 Å². The van der Waals surface area contributed by atoms with E-state index >= 15 is 0 Å². The summed E-state index contributed by atoms with van der Waals surface area (Å²) in [6.07, 6.45) is 1.00. The van der Waals surface area contributed by atoms with Crippen LogP contribution in [0.4, 0.5) is 0 Å². The van der Waals surface area contributed by atoms with Gasteiger partial charge in [-0.25, -0.2) is 4.79 Å². The summed E-state index contributed by atoms with van der Waals surface area (Å²) >= 11 is 6.25. The first-order valence-corrected chi connectivity index (χ1v) is 12.5. The normalized spacial score (nSPS) is 14.8. The number of aromatic carboxylic acids is 1. The van der Waals surface area contributed by atoms with Crippen LogP contribution in [0, 0.1) is 0 Å². The molecule has 36 heavy (non-hydrogen) atoms. The Morgan fingerprint density at radius 2 is 1.50 bits per heavy atom. The Kier molecular flexibility index (Phi) is 7.18. The molecule has 6 nitrogen and oxygen atoms in total. The second kappa shape index (κ2) is 10.7. The van der Waals surface area contributed by atoms with Gasteiger partial charge in [-0.3, -0.25) is 14.3 Å². The summed E-state index contributed by atoms with van der Waals surface area (Å²) in [5.41, 5.74) is 2.29. The van der Waals surface area contributed by atoms with Crippen molar-refractivity contribution in [2.75, 3.05) is 32.7 Å². The fourth-order valence-electron chi connectivity index (χ4n) is 4.99. The Hall–Kier alpha value is -3.45. The molecule has 7 heteroatoms. The molecular formula is C29H28ClN3O3. The molecule has 1 N–H and O–H groups in total. The lowest BCUT2D eigenvalue weighted by atomic mass is 10.0. The van der Waals surface area contributed by atoms with Gasteiger partial charge in [0.15, 0.2) is 0 Å². The Labute approximate surface area is 215 Å². The number of nitrogens with zero attached hydrogens (tertiary/aromatic N) is 3. The zero-order chi connectivity index (χ0) is 25.1. The van der Waals surface area contributed by atoms with Crippen molar-refractivity contribution in [3.63, 3.8) is 0 Å². The summed E-state index contributed by atoms with van der Waals surface area (Å²) in [6, 6.07) is 24.4. The van der Waals surface area contributed by atoms with Gasteiger partial charge in [-0.1, -0.05) is 66.2 Å². The van der Waals surface area contributed by atoms with Crippen molar-refractivity contribution in [3.05, 3.63) is 111 Å². The number of piperazine rings is 1. The molecule has 0 amide bonds. The predicted molar refractivity (Wildman–Crippen MR) is 143 cm³/mol. The summed E-state index contributed by atoms with van der Waals surface area (Å²) in [7, 11) is 0. The van der Waals surface area contributed by atoms with Crippen molar-refractivity contribution in [1.82, 2.24) is 14.4 Å². The Bertz CT molecular complexity index is 1440. The molecule has 3 aromatic carbocycles. The van der Waals surface area contributed by atoms with Crippen LogP contribution in [0.2, 0.25) is 5.02 Å². The number of rotatable bonds is 7. The molecule has 0 radical (unpaired) electrons. The van der Waals surface area contributed by atoms with Gasteiger partial charge in [-0.05, 0) is 36.2 Å². The van der Waals surface area contributed by atoms with Crippen LogP contribution in [0.1, 0.15) is 21.6 Å². The zero-order valence-corrected chi connectivity index (χ0v) is 20.7. The molecule has 1 aromatic heterocycles. The molecule has 0 saturated carbocycles. The first kappa shape index (κ1) is 24.3. The van der Waals surface area contributed by atoms with Gasteiger partial charge < -0.3 is 10.0 Å². The third kappa shape index (κ3) is 5.07. The van der Waals surface area contributed by atoms with Crippen LogP contribution >= 0.6 is 11.6 Å². The van der Waals surface area contributed by atoms with Gasteiger partial charge in [0, 0.05) is 55.1 Å². The molecule has 2 heterocycles. The van der Waals surface area contributed by atoms with Crippen molar-refractivity contribution in [2.24, 2.45) is 0 Å². The van der Waals surface area contributed by atoms with Crippen molar-refractivity contribution >= 4 is 28.3 Å². The molecule has 0 atom stereocenters. The molecule has 4 aromatic rings. The van der Waals surface area contributed by atoms with E-state index in [4.69, 9.17) is 11.6 Å². The van der Waals surface area contributed by atoms with Gasteiger partial charge >= 0.3 is 5.97 Å². The van der Waals surface area contributed by atoms with Crippen LogP contribution in [0.15, 0.2) is 83.7 Å². The molecule has 0 aliphatic carbocycles. The van der Waals surface area contributed by atoms with Gasteiger partial charge in [-0.15, -0.1) is 0 Å². The number of halogens is 1. The zero-order valence-electron chi connectivity index (χ0n) is 19.9. The topological polar surface area (TPSA) is 65.8 Å². The molecule has 1 aliphatic rings. The Balaban J connectivity index is 1.45. The number of hydrogen-bond acceptors (Lipinski definition) is 4. The maximum atomic E-state index is 13.6. The standard InChI is InChI=1S/C29H28ClN3O3/c30-22-9-6-10-23(19-22)33-26(27(29(35)36)24-11-4-5-12-25(24)28(33)34)20-32-17-15-31(16-18-32)14-13-21-7-2-1-3-8-21/h1-12,19H,13-18,20H2,(H,35,36). The quantitative estimate of drug-likeness (QED) is 0.397. The number of benzene rings is 3. The van der Waals surface area contributed by atoms with E-state index in [0.717, 1.165) is 39.1 Å². The average Bonchev–Trinajstić information content (AvgIpc) is 2.89. The number of carboxylic acid groups (broad SMARTS) is 1. The summed E-state index contributed by atoms with van der Waals surface area (Å²) in [5.74, 6) is -1.04. The summed E-state index contributed by atoms with van der Waals surface area (Å²) in [6.45, 7) is 4.73. The number of carboxylic acids is 1. The van der Waals surface area contributed by atoms with Crippen molar-refractivity contribution in [3.8, 4) is 5.69 Å². The average molecular weight is 502 g/mol. The van der Waals surface area contributed by atoms with Crippen LogP contribution in [-0.2, 0) is 13.0 Å². The lowest BCUT2D eigenvalue weighted by Gasteiger charge is -2.35. The van der Waals surface area contributed by atoms with Gasteiger partial charge in [-0.2, -0.15) is 0 Å². The van der Waals surface area contributed by atoms with Crippen molar-refractivity contribution < 1.29 is 9.90 Å². The van der Waals surface area contributed by atoms with Gasteiger partial charge in [0.2, 0.25) is 0 Å². The third-order valence-corrected chi connectivity index (χ3v) is 7.10. The van der Waals surface area contributed by atoms with E-state index in [9.17, 15) is 14.7 Å². The largest absolute Gasteiger partial charge is 0.478 e. The SMILES string of the molecule is O=C(O)c1c(CN2CCN(CCc3ccccc3)CC2)n(-c2cccc(Cl)c2)c(=O)c2ccccc12. The van der Waals surface area contributed by atoms with Crippen LogP contribution in [0.5, 0.6) is 0 Å². The highest BCUT2D eigenvalue weighted by Gasteiger charge is 2.25. The van der Waals surface area contributed by atoms with E-state index in [-0.39, 0.29) is 11.1 Å². The number of aromatic nitrogens is 1. The lowest BCUT2D eigenvalue weighted by molar-refractivity contribution is 0.0693. The molecule has 5 rings (SSSR count). The molecule has 0 bridgehead atoms. The molecule has 1 aliphatic heterocycles. The number of fused-ring (bicyclic) bond motifs is 1. The maximum absolute atomic E-state index is 13.6. The molecular weight excluding hydrogens is 474 g/mol.